The van der Waals surface area contributed by atoms with Gasteiger partial charge in [-0.3, -0.25) is 33.8 Å². The predicted molar refractivity (Wildman–Crippen MR) is 342 cm³/mol. The zero-order valence-electron chi connectivity index (χ0n) is 53.5. The molecule has 0 aliphatic carbocycles. The van der Waals surface area contributed by atoms with E-state index in [1.165, 1.54) is 5.56 Å². The van der Waals surface area contributed by atoms with Gasteiger partial charge in [-0.05, 0) is 116 Å². The van der Waals surface area contributed by atoms with Crippen LogP contribution >= 0.6 is 0 Å². The average Bonchev–Trinajstić information content (AvgIpc) is 3.54. The number of ketones is 1. The Kier molecular flexibility index (Phi) is 35.1. The summed E-state index contributed by atoms with van der Waals surface area (Å²) in [5, 5.41) is 19.3. The van der Waals surface area contributed by atoms with Gasteiger partial charge in [0.05, 0.1) is 6.04 Å². The normalized spacial score (nSPS) is 13.2. The standard InChI is InChI=1S/C34H50N4O5.C21H28N2O2.C12H23N3O4/c1-23(2)25(5)32(40)37-29(13-10-19-36-34(35)42)30(39)21-27-16-14-26(15-17-27)18-20-38(6)31(24(3)4)33(41)43-22-28-11-8-7-9-12-28;1-16(2)20(21(24)25-15-18-7-5-4-6-8-18)23(3)14-13-17-9-11-19(22)12-10-17;1-7(2)8(3)10(16)15-9(11(17)18)5-4-6-14-12(13)19/h7-9,11-12,14-17,23-25,29,31H,10,13,18-22H2,1-6H3,(H,37,40)(H3,35,36,42);4-12,16,20H,13-15,22H2,1-3H3;7-9H,4-6H2,1-3H3,(H,15,16)(H,17,18)(H3,13,14,19)/t25-,29-,31-;20-;8-,9-/m000/s1. The molecule has 6 amide bonds. The number of primary amides is 2. The van der Waals surface area contributed by atoms with Gasteiger partial charge < -0.3 is 53.0 Å². The maximum absolute atomic E-state index is 13.2. The molecule has 0 saturated carbocycles. The summed E-state index contributed by atoms with van der Waals surface area (Å²) in [5.41, 5.74) is 21.6. The van der Waals surface area contributed by atoms with Gasteiger partial charge in [0.1, 0.15) is 31.3 Å². The third kappa shape index (κ3) is 30.4. The molecule has 0 bridgehead atoms. The molecule has 0 unspecified atom stereocenters. The first-order valence-corrected chi connectivity index (χ1v) is 30.3. The molecule has 4 rings (SSSR count). The number of carboxylic acid groups (broad SMARTS) is 1. The Hall–Kier alpha value is -7.84. The fraction of sp³-hybridized carbons (Fsp3) is 0.522. The number of rotatable bonds is 34. The van der Waals surface area contributed by atoms with Crippen LogP contribution in [0.4, 0.5) is 15.3 Å². The molecular formula is C67H101N9O11. The summed E-state index contributed by atoms with van der Waals surface area (Å²) in [5.74, 6) is -1.89. The van der Waals surface area contributed by atoms with Crippen molar-refractivity contribution in [3.05, 3.63) is 137 Å². The third-order valence-corrected chi connectivity index (χ3v) is 15.1. The minimum atomic E-state index is -1.08. The molecule has 0 aromatic heterocycles. The van der Waals surface area contributed by atoms with E-state index >= 15 is 0 Å². The quantitative estimate of drug-likeness (QED) is 0.0125. The van der Waals surface area contributed by atoms with Gasteiger partial charge in [0, 0.05) is 50.1 Å². The first kappa shape index (κ1) is 75.3. The Morgan fingerprint density at radius 1 is 0.483 bits per heavy atom. The summed E-state index contributed by atoms with van der Waals surface area (Å²) in [6.07, 6.45) is 3.38. The summed E-state index contributed by atoms with van der Waals surface area (Å²) in [7, 11) is 3.92. The summed E-state index contributed by atoms with van der Waals surface area (Å²) in [4.78, 5) is 99.8. The van der Waals surface area contributed by atoms with Crippen LogP contribution in [0.2, 0.25) is 0 Å². The van der Waals surface area contributed by atoms with Gasteiger partial charge in [-0.15, -0.1) is 0 Å². The van der Waals surface area contributed by atoms with Crippen LogP contribution < -0.4 is 38.5 Å². The van der Waals surface area contributed by atoms with Crippen LogP contribution in [0.3, 0.4) is 0 Å². The van der Waals surface area contributed by atoms with Crippen LogP contribution in [-0.4, -0.2) is 127 Å². The zero-order valence-corrected chi connectivity index (χ0v) is 53.5. The predicted octanol–water partition coefficient (Wildman–Crippen LogP) is 8.07. The second-order valence-electron chi connectivity index (χ2n) is 23.6. The molecule has 87 heavy (non-hydrogen) atoms. The number of nitrogen functional groups attached to an aromatic ring is 1. The molecule has 480 valence electrons. The monoisotopic (exact) mass is 1210 g/mol. The molecule has 0 aliphatic heterocycles. The Labute approximate surface area is 516 Å². The highest BCUT2D eigenvalue weighted by molar-refractivity contribution is 5.91. The average molecular weight is 1210 g/mol. The molecule has 0 aliphatic rings. The SMILES string of the molecule is CC(C)[C@@H](C(=O)OCc1ccccc1)N(C)CCc1ccc(N)cc1.CC(C)[C@H](C)C(=O)N[C@@H](CCCNC(N)=O)C(=O)Cc1ccc(CCN(C)[C@H](C(=O)OCc2ccccc2)C(C)C)cc1.CC(C)[C@H](C)C(=O)N[C@@H](CCCNC(N)=O)C(=O)O. The van der Waals surface area contributed by atoms with Crippen molar-refractivity contribution in [2.75, 3.05) is 46.0 Å². The molecule has 0 fully saturated rings. The lowest BCUT2D eigenvalue weighted by atomic mass is 9.95. The van der Waals surface area contributed by atoms with Crippen molar-refractivity contribution in [3.63, 3.8) is 0 Å². The van der Waals surface area contributed by atoms with Gasteiger partial charge in [-0.1, -0.05) is 166 Å². The van der Waals surface area contributed by atoms with E-state index in [1.807, 2.05) is 191 Å². The molecular weight excluding hydrogens is 1110 g/mol. The Balaban J connectivity index is 0.000000494. The number of likely N-dealkylation sites (N-methyl/N-ethyl adjacent to an activating group) is 2. The maximum Gasteiger partial charge on any atom is 0.326 e. The highest BCUT2D eigenvalue weighted by Gasteiger charge is 2.30. The number of aliphatic carboxylic acids is 1. The number of nitrogens with two attached hydrogens (primary N) is 3. The largest absolute Gasteiger partial charge is 0.480 e. The number of ether oxygens (including phenoxy) is 2. The van der Waals surface area contributed by atoms with E-state index in [1.54, 1.807) is 6.92 Å². The van der Waals surface area contributed by atoms with E-state index in [0.717, 1.165) is 47.3 Å². The molecule has 4 aromatic rings. The van der Waals surface area contributed by atoms with Gasteiger partial charge in [-0.2, -0.15) is 0 Å². The number of hydrogen-bond acceptors (Lipinski definition) is 13. The highest BCUT2D eigenvalue weighted by atomic mass is 16.5. The molecule has 0 heterocycles. The van der Waals surface area contributed by atoms with Crippen molar-refractivity contribution < 1.29 is 52.9 Å². The van der Waals surface area contributed by atoms with Gasteiger partial charge in [0.15, 0.2) is 5.78 Å². The van der Waals surface area contributed by atoms with Crippen molar-refractivity contribution in [3.8, 4) is 0 Å². The minimum absolute atomic E-state index is 0.0790. The number of benzene rings is 4. The smallest absolute Gasteiger partial charge is 0.326 e. The number of carbonyl (C=O) groups excluding carboxylic acids is 7. The van der Waals surface area contributed by atoms with Gasteiger partial charge in [0.25, 0.3) is 0 Å². The first-order valence-electron chi connectivity index (χ1n) is 30.3. The second-order valence-corrected chi connectivity index (χ2v) is 23.6. The number of urea groups is 2. The first-order chi connectivity index (χ1) is 41.1. The Morgan fingerprint density at radius 2 is 0.839 bits per heavy atom. The lowest BCUT2D eigenvalue weighted by Crippen LogP contribution is -2.45. The minimum Gasteiger partial charge on any atom is -0.480 e. The number of hydrogen-bond donors (Lipinski definition) is 8. The summed E-state index contributed by atoms with van der Waals surface area (Å²) in [6, 6.07) is 31.7. The molecule has 20 heteroatoms. The van der Waals surface area contributed by atoms with Crippen LogP contribution in [0.15, 0.2) is 109 Å². The van der Waals surface area contributed by atoms with E-state index < -0.39 is 30.1 Å². The molecule has 0 saturated heterocycles. The second kappa shape index (κ2) is 40.5. The van der Waals surface area contributed by atoms with Crippen LogP contribution in [0, 0.1) is 35.5 Å². The fourth-order valence-corrected chi connectivity index (χ4v) is 9.09. The van der Waals surface area contributed by atoms with Gasteiger partial charge >= 0.3 is 30.0 Å². The maximum atomic E-state index is 13.2. The summed E-state index contributed by atoms with van der Waals surface area (Å²) >= 11 is 0. The number of nitrogens with one attached hydrogen (secondary N) is 4. The van der Waals surface area contributed by atoms with Crippen molar-refractivity contribution in [2.45, 2.75) is 152 Å². The van der Waals surface area contributed by atoms with Crippen molar-refractivity contribution in [1.82, 2.24) is 31.1 Å². The molecule has 0 spiro atoms. The lowest BCUT2D eigenvalue weighted by Gasteiger charge is -2.29. The Morgan fingerprint density at radius 3 is 1.20 bits per heavy atom. The van der Waals surface area contributed by atoms with E-state index in [4.69, 9.17) is 31.8 Å². The fourth-order valence-electron chi connectivity index (χ4n) is 9.09. The molecule has 6 atom stereocenters. The van der Waals surface area contributed by atoms with E-state index in [0.29, 0.717) is 39.0 Å². The van der Waals surface area contributed by atoms with E-state index in [-0.39, 0.29) is 103 Å². The number of carboxylic acids is 1. The van der Waals surface area contributed by atoms with Crippen molar-refractivity contribution >= 4 is 53.3 Å². The number of amides is 6. The van der Waals surface area contributed by atoms with Gasteiger partial charge in [0.2, 0.25) is 11.8 Å². The van der Waals surface area contributed by atoms with Gasteiger partial charge in [-0.25, -0.2) is 14.4 Å². The summed E-state index contributed by atoms with van der Waals surface area (Å²) < 4.78 is 11.2. The third-order valence-electron chi connectivity index (χ3n) is 15.1. The van der Waals surface area contributed by atoms with Crippen molar-refractivity contribution in [1.29, 1.82) is 0 Å². The van der Waals surface area contributed by atoms with Crippen LogP contribution in [0.5, 0.6) is 0 Å². The number of Topliss-reactive ketones (excluding diaryl/α,β-unsaturated/α-hetero) is 1. The summed E-state index contributed by atoms with van der Waals surface area (Å²) in [6.45, 7) is 22.1. The van der Waals surface area contributed by atoms with Crippen LogP contribution in [0.25, 0.3) is 0 Å². The molecule has 20 nitrogen and oxygen atoms in total. The number of esters is 2. The van der Waals surface area contributed by atoms with E-state index in [9.17, 15) is 38.4 Å². The molecule has 0 radical (unpaired) electrons. The van der Waals surface area contributed by atoms with Crippen molar-refractivity contribution in [2.24, 2.45) is 47.0 Å². The zero-order chi connectivity index (χ0) is 65.2. The number of nitrogens with zero attached hydrogens (tertiary/aromatic N) is 2. The lowest BCUT2D eigenvalue weighted by molar-refractivity contribution is -0.153. The Bertz CT molecular complexity index is 2690. The molecule has 11 N–H and O–H groups in total. The topological polar surface area (TPSA) is 308 Å². The van der Waals surface area contributed by atoms with Crippen LogP contribution in [-0.2, 0) is 70.7 Å². The molecule has 4 aromatic carbocycles. The number of anilines is 1. The van der Waals surface area contributed by atoms with Crippen LogP contribution in [0.1, 0.15) is 123 Å². The number of carbonyl (C=O) groups is 8. The van der Waals surface area contributed by atoms with E-state index in [2.05, 4.69) is 26.2 Å². The highest BCUT2D eigenvalue weighted by Crippen LogP contribution is 2.18.